The van der Waals surface area contributed by atoms with E-state index in [-0.39, 0.29) is 17.8 Å². The number of likely N-dealkylation sites (N-methyl/N-ethyl adjacent to an activating group) is 1. The summed E-state index contributed by atoms with van der Waals surface area (Å²) in [6.45, 7) is 5.64. The standard InChI is InChI=1S/C15H22FN3O/c1-12(13-4-3-5-14(16)10-13)17-11-15(20)19-8-6-18(2)7-9-19/h3-5,10,12,17H,6-9,11H2,1-2H3. The van der Waals surface area contributed by atoms with E-state index in [9.17, 15) is 9.18 Å². The van der Waals surface area contributed by atoms with Crippen LogP contribution >= 0.6 is 0 Å². The molecule has 0 aliphatic carbocycles. The van der Waals surface area contributed by atoms with Crippen LogP contribution in [0, 0.1) is 5.82 Å². The van der Waals surface area contributed by atoms with E-state index < -0.39 is 0 Å². The normalized spacial score (nSPS) is 18.1. The predicted octanol–water partition coefficient (Wildman–Crippen LogP) is 1.25. The van der Waals surface area contributed by atoms with Crippen LogP contribution in [0.25, 0.3) is 0 Å². The van der Waals surface area contributed by atoms with Gasteiger partial charge in [0, 0.05) is 32.2 Å². The zero-order valence-corrected chi connectivity index (χ0v) is 12.1. The highest BCUT2D eigenvalue weighted by Gasteiger charge is 2.19. The number of hydrogen-bond acceptors (Lipinski definition) is 3. The summed E-state index contributed by atoms with van der Waals surface area (Å²) in [6.07, 6.45) is 0. The third-order valence-electron chi connectivity index (χ3n) is 3.76. The first kappa shape index (κ1) is 14.9. The fourth-order valence-electron chi connectivity index (χ4n) is 2.30. The minimum absolute atomic E-state index is 0.0397. The van der Waals surface area contributed by atoms with Crippen LogP contribution in [0.5, 0.6) is 0 Å². The lowest BCUT2D eigenvalue weighted by Crippen LogP contribution is -2.49. The number of carbonyl (C=O) groups excluding carboxylic acids is 1. The van der Waals surface area contributed by atoms with Crippen molar-refractivity contribution in [1.29, 1.82) is 0 Å². The first-order valence-corrected chi connectivity index (χ1v) is 7.01. The highest BCUT2D eigenvalue weighted by atomic mass is 19.1. The van der Waals surface area contributed by atoms with Crippen molar-refractivity contribution in [1.82, 2.24) is 15.1 Å². The second-order valence-electron chi connectivity index (χ2n) is 5.34. The molecule has 1 aliphatic rings. The second kappa shape index (κ2) is 6.81. The molecule has 0 aromatic heterocycles. The summed E-state index contributed by atoms with van der Waals surface area (Å²) in [4.78, 5) is 16.2. The van der Waals surface area contributed by atoms with Crippen LogP contribution in [0.1, 0.15) is 18.5 Å². The first-order chi connectivity index (χ1) is 9.56. The van der Waals surface area contributed by atoms with Gasteiger partial charge in [-0.3, -0.25) is 4.79 Å². The molecule has 1 fully saturated rings. The molecular formula is C15H22FN3O. The van der Waals surface area contributed by atoms with Crippen molar-refractivity contribution in [3.63, 3.8) is 0 Å². The molecule has 0 radical (unpaired) electrons. The number of carbonyl (C=O) groups is 1. The predicted molar refractivity (Wildman–Crippen MR) is 76.9 cm³/mol. The molecule has 4 nitrogen and oxygen atoms in total. The molecule has 1 N–H and O–H groups in total. The molecule has 1 amide bonds. The van der Waals surface area contributed by atoms with E-state index in [1.165, 1.54) is 12.1 Å². The van der Waals surface area contributed by atoms with Gasteiger partial charge in [-0.2, -0.15) is 0 Å². The third-order valence-corrected chi connectivity index (χ3v) is 3.76. The molecule has 110 valence electrons. The molecule has 1 aromatic rings. The molecule has 0 bridgehead atoms. The average Bonchev–Trinajstić information content (AvgIpc) is 2.45. The van der Waals surface area contributed by atoms with Crippen LogP contribution in [0.2, 0.25) is 0 Å². The van der Waals surface area contributed by atoms with E-state index in [0.29, 0.717) is 6.54 Å². The number of halogens is 1. The maximum Gasteiger partial charge on any atom is 0.236 e. The number of nitrogens with zero attached hydrogens (tertiary/aromatic N) is 2. The van der Waals surface area contributed by atoms with Gasteiger partial charge in [0.1, 0.15) is 5.82 Å². The molecule has 20 heavy (non-hydrogen) atoms. The Morgan fingerprint density at radius 1 is 1.35 bits per heavy atom. The van der Waals surface area contributed by atoms with Gasteiger partial charge in [-0.1, -0.05) is 12.1 Å². The molecular weight excluding hydrogens is 257 g/mol. The Morgan fingerprint density at radius 2 is 2.05 bits per heavy atom. The molecule has 0 spiro atoms. The fourth-order valence-corrected chi connectivity index (χ4v) is 2.30. The number of amides is 1. The zero-order chi connectivity index (χ0) is 14.5. The van der Waals surface area contributed by atoms with E-state index in [1.54, 1.807) is 6.07 Å². The number of hydrogen-bond donors (Lipinski definition) is 1. The lowest BCUT2D eigenvalue weighted by molar-refractivity contribution is -0.131. The summed E-state index contributed by atoms with van der Waals surface area (Å²) < 4.78 is 13.1. The van der Waals surface area contributed by atoms with E-state index in [1.807, 2.05) is 17.9 Å². The highest BCUT2D eigenvalue weighted by molar-refractivity contribution is 5.78. The first-order valence-electron chi connectivity index (χ1n) is 7.01. The van der Waals surface area contributed by atoms with Crippen LogP contribution < -0.4 is 5.32 Å². The van der Waals surface area contributed by atoms with Gasteiger partial charge in [0.05, 0.1) is 6.54 Å². The van der Waals surface area contributed by atoms with Crippen LogP contribution in [-0.4, -0.2) is 55.5 Å². The third kappa shape index (κ3) is 4.02. The van der Waals surface area contributed by atoms with Gasteiger partial charge in [0.25, 0.3) is 0 Å². The molecule has 1 unspecified atom stereocenters. The topological polar surface area (TPSA) is 35.6 Å². The van der Waals surface area contributed by atoms with Crippen molar-refractivity contribution in [3.05, 3.63) is 35.6 Å². The Bertz CT molecular complexity index is 458. The van der Waals surface area contributed by atoms with Gasteiger partial charge in [-0.15, -0.1) is 0 Å². The number of piperazine rings is 1. The van der Waals surface area contributed by atoms with Gasteiger partial charge >= 0.3 is 0 Å². The molecule has 0 saturated carbocycles. The molecule has 1 heterocycles. The number of benzene rings is 1. The Balaban J connectivity index is 1.81. The quantitative estimate of drug-likeness (QED) is 0.901. The minimum atomic E-state index is -0.249. The summed E-state index contributed by atoms with van der Waals surface area (Å²) in [7, 11) is 2.06. The summed E-state index contributed by atoms with van der Waals surface area (Å²) in [6, 6.07) is 6.43. The maximum absolute atomic E-state index is 13.1. The van der Waals surface area contributed by atoms with Crippen molar-refractivity contribution in [3.8, 4) is 0 Å². The summed E-state index contributed by atoms with van der Waals surface area (Å²) in [5, 5.41) is 3.16. The fraction of sp³-hybridized carbons (Fsp3) is 0.533. The average molecular weight is 279 g/mol. The van der Waals surface area contributed by atoms with Crippen LogP contribution in [0.3, 0.4) is 0 Å². The van der Waals surface area contributed by atoms with Crippen LogP contribution in [0.15, 0.2) is 24.3 Å². The molecule has 1 saturated heterocycles. The lowest BCUT2D eigenvalue weighted by atomic mass is 10.1. The molecule has 1 aromatic carbocycles. The lowest BCUT2D eigenvalue weighted by Gasteiger charge is -2.32. The summed E-state index contributed by atoms with van der Waals surface area (Å²) in [5.74, 6) is -0.136. The van der Waals surface area contributed by atoms with E-state index >= 15 is 0 Å². The monoisotopic (exact) mass is 279 g/mol. The Morgan fingerprint density at radius 3 is 2.70 bits per heavy atom. The Kier molecular flexibility index (Phi) is 5.09. The van der Waals surface area contributed by atoms with Crippen molar-refractivity contribution in [2.75, 3.05) is 39.8 Å². The van der Waals surface area contributed by atoms with Crippen LogP contribution in [-0.2, 0) is 4.79 Å². The van der Waals surface area contributed by atoms with Gasteiger partial charge in [0.15, 0.2) is 0 Å². The van der Waals surface area contributed by atoms with Gasteiger partial charge in [-0.25, -0.2) is 4.39 Å². The number of rotatable bonds is 4. The maximum atomic E-state index is 13.1. The Hall–Kier alpha value is -1.46. The van der Waals surface area contributed by atoms with Crippen molar-refractivity contribution >= 4 is 5.91 Å². The molecule has 1 aliphatic heterocycles. The molecule has 1 atom stereocenters. The SMILES string of the molecule is CC(NCC(=O)N1CCN(C)CC1)c1cccc(F)c1. The van der Waals surface area contributed by atoms with Crippen molar-refractivity contribution in [2.24, 2.45) is 0 Å². The van der Waals surface area contributed by atoms with Gasteiger partial charge in [-0.05, 0) is 31.7 Å². The van der Waals surface area contributed by atoms with E-state index in [2.05, 4.69) is 17.3 Å². The summed E-state index contributed by atoms with van der Waals surface area (Å²) in [5.41, 5.74) is 0.858. The van der Waals surface area contributed by atoms with Crippen molar-refractivity contribution in [2.45, 2.75) is 13.0 Å². The second-order valence-corrected chi connectivity index (χ2v) is 5.34. The van der Waals surface area contributed by atoms with Gasteiger partial charge < -0.3 is 15.1 Å². The smallest absolute Gasteiger partial charge is 0.236 e. The summed E-state index contributed by atoms with van der Waals surface area (Å²) >= 11 is 0. The van der Waals surface area contributed by atoms with Crippen molar-refractivity contribution < 1.29 is 9.18 Å². The van der Waals surface area contributed by atoms with Gasteiger partial charge in [0.2, 0.25) is 5.91 Å². The highest BCUT2D eigenvalue weighted by Crippen LogP contribution is 2.13. The largest absolute Gasteiger partial charge is 0.339 e. The molecule has 5 heteroatoms. The zero-order valence-electron chi connectivity index (χ0n) is 12.1. The van der Waals surface area contributed by atoms with Crippen LogP contribution in [0.4, 0.5) is 4.39 Å². The van der Waals surface area contributed by atoms with E-state index in [0.717, 1.165) is 31.7 Å². The molecule has 2 rings (SSSR count). The minimum Gasteiger partial charge on any atom is -0.339 e. The number of nitrogens with one attached hydrogen (secondary N) is 1. The van der Waals surface area contributed by atoms with E-state index in [4.69, 9.17) is 0 Å². The Labute approximate surface area is 119 Å².